The zero-order chi connectivity index (χ0) is 10.6. The Bertz CT molecular complexity index is 360. The van der Waals surface area contributed by atoms with Gasteiger partial charge in [0.1, 0.15) is 12.4 Å². The molecule has 0 radical (unpaired) electrons. The van der Waals surface area contributed by atoms with E-state index in [0.29, 0.717) is 12.4 Å². The van der Waals surface area contributed by atoms with Crippen LogP contribution in [-0.2, 0) is 0 Å². The average Bonchev–Trinajstić information content (AvgIpc) is 2.16. The Hall–Kier alpha value is -1.84. The molecule has 0 spiro atoms. The quantitative estimate of drug-likeness (QED) is 0.419. The van der Waals surface area contributed by atoms with Crippen LogP contribution >= 0.6 is 0 Å². The van der Waals surface area contributed by atoms with Crippen LogP contribution in [0.2, 0.25) is 0 Å². The second-order valence-corrected chi connectivity index (χ2v) is 2.81. The first-order valence-corrected chi connectivity index (χ1v) is 4.14. The van der Waals surface area contributed by atoms with Crippen LogP contribution in [-0.4, -0.2) is 11.5 Å². The van der Waals surface area contributed by atoms with Gasteiger partial charge in [0.15, 0.2) is 0 Å². The van der Waals surface area contributed by atoms with Crippen LogP contribution in [0, 0.1) is 17.0 Å². The molecule has 1 aromatic rings. The normalized spacial score (nSPS) is 9.50. The molecular formula is C10H11NO3. The van der Waals surface area contributed by atoms with E-state index in [4.69, 9.17) is 4.74 Å². The zero-order valence-corrected chi connectivity index (χ0v) is 7.90. The molecule has 14 heavy (non-hydrogen) atoms. The van der Waals surface area contributed by atoms with Crippen molar-refractivity contribution in [1.82, 2.24) is 0 Å². The molecule has 1 rings (SSSR count). The van der Waals surface area contributed by atoms with Crippen LogP contribution in [0.25, 0.3) is 0 Å². The van der Waals surface area contributed by atoms with Crippen molar-refractivity contribution in [3.8, 4) is 5.75 Å². The molecular weight excluding hydrogens is 182 g/mol. The van der Waals surface area contributed by atoms with E-state index in [-0.39, 0.29) is 5.69 Å². The molecule has 0 aliphatic rings. The van der Waals surface area contributed by atoms with Crippen LogP contribution in [0.15, 0.2) is 30.9 Å². The summed E-state index contributed by atoms with van der Waals surface area (Å²) in [5.74, 6) is 0.527. The summed E-state index contributed by atoms with van der Waals surface area (Å²) in [5.41, 5.74) is 0.909. The molecule has 0 N–H and O–H groups in total. The first-order valence-electron chi connectivity index (χ1n) is 4.14. The summed E-state index contributed by atoms with van der Waals surface area (Å²) in [4.78, 5) is 10.0. The summed E-state index contributed by atoms with van der Waals surface area (Å²) in [6.45, 7) is 5.69. The molecule has 0 fully saturated rings. The van der Waals surface area contributed by atoms with Gasteiger partial charge in [-0.1, -0.05) is 12.7 Å². The van der Waals surface area contributed by atoms with E-state index < -0.39 is 4.92 Å². The van der Waals surface area contributed by atoms with E-state index in [1.165, 1.54) is 12.1 Å². The highest BCUT2D eigenvalue weighted by Gasteiger charge is 2.08. The number of aryl methyl sites for hydroxylation is 1. The molecule has 0 unspecified atom stereocenters. The predicted molar refractivity (Wildman–Crippen MR) is 53.5 cm³/mol. The van der Waals surface area contributed by atoms with E-state index in [1.54, 1.807) is 12.1 Å². The molecule has 0 heterocycles. The number of ether oxygens (including phenoxy) is 1. The van der Waals surface area contributed by atoms with Gasteiger partial charge in [0, 0.05) is 6.07 Å². The molecule has 0 saturated carbocycles. The number of nitro groups is 1. The first-order chi connectivity index (χ1) is 6.65. The van der Waals surface area contributed by atoms with E-state index in [0.717, 1.165) is 5.56 Å². The number of nitrogens with zero attached hydrogens (tertiary/aromatic N) is 1. The second-order valence-electron chi connectivity index (χ2n) is 2.81. The Labute approximate surface area is 82.0 Å². The molecule has 0 bridgehead atoms. The van der Waals surface area contributed by atoms with Gasteiger partial charge in [-0.2, -0.15) is 0 Å². The van der Waals surface area contributed by atoms with Gasteiger partial charge in [-0.25, -0.2) is 0 Å². The fourth-order valence-electron chi connectivity index (χ4n) is 1.01. The van der Waals surface area contributed by atoms with E-state index in [1.807, 2.05) is 6.92 Å². The molecule has 0 aliphatic heterocycles. The lowest BCUT2D eigenvalue weighted by Gasteiger charge is -2.05. The molecule has 1 aromatic carbocycles. The van der Waals surface area contributed by atoms with Gasteiger partial charge in [0.25, 0.3) is 5.69 Å². The van der Waals surface area contributed by atoms with Crippen molar-refractivity contribution in [1.29, 1.82) is 0 Å². The molecule has 0 atom stereocenters. The van der Waals surface area contributed by atoms with Crippen molar-refractivity contribution in [2.45, 2.75) is 6.92 Å². The Morgan fingerprint density at radius 3 is 2.93 bits per heavy atom. The van der Waals surface area contributed by atoms with Crippen molar-refractivity contribution in [2.75, 3.05) is 6.61 Å². The fourth-order valence-corrected chi connectivity index (χ4v) is 1.01. The summed E-state index contributed by atoms with van der Waals surface area (Å²) >= 11 is 0. The van der Waals surface area contributed by atoms with Crippen LogP contribution in [0.3, 0.4) is 0 Å². The molecule has 74 valence electrons. The summed E-state index contributed by atoms with van der Waals surface area (Å²) < 4.78 is 5.25. The number of hydrogen-bond donors (Lipinski definition) is 0. The van der Waals surface area contributed by atoms with E-state index in [2.05, 4.69) is 6.58 Å². The van der Waals surface area contributed by atoms with Gasteiger partial charge in [0.2, 0.25) is 0 Å². The largest absolute Gasteiger partial charge is 0.489 e. The van der Waals surface area contributed by atoms with Gasteiger partial charge >= 0.3 is 0 Å². The number of nitro benzene ring substituents is 1. The third-order valence-electron chi connectivity index (χ3n) is 1.74. The maximum atomic E-state index is 10.5. The van der Waals surface area contributed by atoms with Gasteiger partial charge in [-0.3, -0.25) is 10.1 Å². The topological polar surface area (TPSA) is 52.4 Å². The van der Waals surface area contributed by atoms with Gasteiger partial charge in [-0.15, -0.1) is 0 Å². The molecule has 0 aliphatic carbocycles. The smallest absolute Gasteiger partial charge is 0.273 e. The molecule has 0 amide bonds. The van der Waals surface area contributed by atoms with E-state index >= 15 is 0 Å². The highest BCUT2D eigenvalue weighted by atomic mass is 16.6. The van der Waals surface area contributed by atoms with Gasteiger partial charge in [0.05, 0.1) is 11.0 Å². The van der Waals surface area contributed by atoms with Crippen LogP contribution in [0.4, 0.5) is 5.69 Å². The third-order valence-corrected chi connectivity index (χ3v) is 1.74. The zero-order valence-electron chi connectivity index (χ0n) is 7.90. The van der Waals surface area contributed by atoms with Crippen molar-refractivity contribution >= 4 is 5.69 Å². The minimum absolute atomic E-state index is 0.0367. The predicted octanol–water partition coefficient (Wildman–Crippen LogP) is 2.47. The lowest BCUT2D eigenvalue weighted by molar-refractivity contribution is -0.384. The summed E-state index contributed by atoms with van der Waals surface area (Å²) in [7, 11) is 0. The Kier molecular flexibility index (Phi) is 3.23. The molecule has 0 saturated heterocycles. The summed E-state index contributed by atoms with van der Waals surface area (Å²) in [5, 5.41) is 10.5. The Morgan fingerprint density at radius 2 is 2.36 bits per heavy atom. The van der Waals surface area contributed by atoms with Crippen molar-refractivity contribution in [2.24, 2.45) is 0 Å². The highest BCUT2D eigenvalue weighted by molar-refractivity contribution is 5.43. The minimum Gasteiger partial charge on any atom is -0.489 e. The Morgan fingerprint density at radius 1 is 1.64 bits per heavy atom. The summed E-state index contributed by atoms with van der Waals surface area (Å²) in [6.07, 6.45) is 1.60. The van der Waals surface area contributed by atoms with Crippen molar-refractivity contribution < 1.29 is 9.66 Å². The average molecular weight is 193 g/mol. The number of non-ortho nitro benzene ring substituents is 1. The lowest BCUT2D eigenvalue weighted by Crippen LogP contribution is -1.96. The van der Waals surface area contributed by atoms with Crippen molar-refractivity contribution in [3.63, 3.8) is 0 Å². The summed E-state index contributed by atoms with van der Waals surface area (Å²) in [6, 6.07) is 4.53. The number of benzene rings is 1. The van der Waals surface area contributed by atoms with Gasteiger partial charge < -0.3 is 4.74 Å². The van der Waals surface area contributed by atoms with Crippen LogP contribution < -0.4 is 4.74 Å². The van der Waals surface area contributed by atoms with E-state index in [9.17, 15) is 10.1 Å². The number of rotatable bonds is 4. The molecule has 4 heteroatoms. The first kappa shape index (κ1) is 10.2. The van der Waals surface area contributed by atoms with Crippen LogP contribution in [0.5, 0.6) is 5.75 Å². The second kappa shape index (κ2) is 4.41. The maximum absolute atomic E-state index is 10.5. The fraction of sp³-hybridized carbons (Fsp3) is 0.200. The molecule has 0 aromatic heterocycles. The maximum Gasteiger partial charge on any atom is 0.273 e. The Balaban J connectivity index is 2.95. The van der Waals surface area contributed by atoms with Crippen molar-refractivity contribution in [3.05, 3.63) is 46.5 Å². The standard InChI is InChI=1S/C10H11NO3/c1-3-6-14-10-7-9(11(12)13)5-4-8(10)2/h3-5,7H,1,6H2,2H3. The lowest BCUT2D eigenvalue weighted by atomic mass is 10.2. The van der Waals surface area contributed by atoms with Gasteiger partial charge in [-0.05, 0) is 18.6 Å². The SMILES string of the molecule is C=CCOc1cc([N+](=O)[O-])ccc1C. The number of hydrogen-bond acceptors (Lipinski definition) is 3. The molecule has 4 nitrogen and oxygen atoms in total. The van der Waals surface area contributed by atoms with Crippen LogP contribution in [0.1, 0.15) is 5.56 Å². The monoisotopic (exact) mass is 193 g/mol. The highest BCUT2D eigenvalue weighted by Crippen LogP contribution is 2.23. The minimum atomic E-state index is -0.444. The third kappa shape index (κ3) is 2.32.